The van der Waals surface area contributed by atoms with Crippen molar-refractivity contribution in [3.05, 3.63) is 65.7 Å². The number of fused-ring (bicyclic) bond motifs is 1. The van der Waals surface area contributed by atoms with Crippen LogP contribution in [0.3, 0.4) is 0 Å². The molecule has 0 spiro atoms. The molecule has 0 atom stereocenters. The first kappa shape index (κ1) is 13.2. The number of para-hydroxylation sites is 1. The Hall–Kier alpha value is -2.75. The van der Waals surface area contributed by atoms with E-state index in [9.17, 15) is 9.59 Å². The normalized spacial score (nSPS) is 14.2. The summed E-state index contributed by atoms with van der Waals surface area (Å²) >= 11 is 0. The molecule has 1 aliphatic rings. The zero-order valence-electron chi connectivity index (χ0n) is 11.4. The largest absolute Gasteiger partial charge is 0.303 e. The van der Waals surface area contributed by atoms with Crippen LogP contribution in [0.1, 0.15) is 11.1 Å². The molecule has 2 aromatic rings. The second-order valence-corrected chi connectivity index (χ2v) is 4.72. The number of hydrogen-bond acceptors (Lipinski definition) is 3. The number of rotatable bonds is 3. The summed E-state index contributed by atoms with van der Waals surface area (Å²) in [5.41, 5.74) is 3.35. The Kier molecular flexibility index (Phi) is 3.60. The average molecular weight is 278 g/mol. The van der Waals surface area contributed by atoms with Crippen LogP contribution in [0, 0.1) is 0 Å². The molecular formula is C17H14N2O2. The summed E-state index contributed by atoms with van der Waals surface area (Å²) in [4.78, 5) is 29.0. The molecule has 4 nitrogen and oxygen atoms in total. The second-order valence-electron chi connectivity index (χ2n) is 4.72. The molecular weight excluding hydrogens is 264 g/mol. The Labute approximate surface area is 122 Å². The van der Waals surface area contributed by atoms with Gasteiger partial charge in [0.15, 0.2) is 0 Å². The fourth-order valence-electron chi connectivity index (χ4n) is 2.48. The van der Waals surface area contributed by atoms with Crippen LogP contribution in [0.2, 0.25) is 0 Å². The monoisotopic (exact) mass is 278 g/mol. The molecule has 3 rings (SSSR count). The Morgan fingerprint density at radius 2 is 1.76 bits per heavy atom. The number of aliphatic imine (C=N–C) groups is 1. The lowest BCUT2D eigenvalue weighted by atomic mass is 10.0. The molecule has 104 valence electrons. The smallest absolute Gasteiger partial charge is 0.249 e. The molecule has 21 heavy (non-hydrogen) atoms. The molecule has 0 saturated heterocycles. The summed E-state index contributed by atoms with van der Waals surface area (Å²) in [5, 5.41) is 0. The molecule has 1 amide bonds. The van der Waals surface area contributed by atoms with Crippen LogP contribution in [0.4, 0.5) is 5.69 Å². The van der Waals surface area contributed by atoms with Gasteiger partial charge in [0.25, 0.3) is 0 Å². The highest BCUT2D eigenvalue weighted by atomic mass is 16.2. The van der Waals surface area contributed by atoms with Gasteiger partial charge in [-0.3, -0.25) is 9.79 Å². The molecule has 1 heterocycles. The van der Waals surface area contributed by atoms with E-state index in [2.05, 4.69) is 4.99 Å². The Bertz CT molecular complexity index is 708. The maximum atomic E-state index is 12.2. The molecule has 0 aromatic heterocycles. The number of carbonyl (C=O) groups is 2. The molecule has 0 saturated carbocycles. The number of aldehydes is 1. The van der Waals surface area contributed by atoms with Crippen LogP contribution in [-0.4, -0.2) is 31.0 Å². The predicted molar refractivity (Wildman–Crippen MR) is 81.8 cm³/mol. The molecule has 0 radical (unpaired) electrons. The van der Waals surface area contributed by atoms with Crippen LogP contribution < -0.4 is 4.90 Å². The highest BCUT2D eigenvalue weighted by Gasteiger charge is 2.24. The fourth-order valence-corrected chi connectivity index (χ4v) is 2.48. The summed E-state index contributed by atoms with van der Waals surface area (Å²) in [6.07, 6.45) is 0.738. The van der Waals surface area contributed by atoms with Crippen LogP contribution in [0.25, 0.3) is 0 Å². The maximum Gasteiger partial charge on any atom is 0.249 e. The van der Waals surface area contributed by atoms with Crippen molar-refractivity contribution in [3.8, 4) is 0 Å². The topological polar surface area (TPSA) is 49.7 Å². The molecule has 2 aromatic carbocycles. The van der Waals surface area contributed by atoms with Crippen LogP contribution in [0.5, 0.6) is 0 Å². The Balaban J connectivity index is 2.16. The van der Waals surface area contributed by atoms with Gasteiger partial charge in [-0.05, 0) is 6.07 Å². The average Bonchev–Trinajstić information content (AvgIpc) is 2.67. The van der Waals surface area contributed by atoms with Gasteiger partial charge < -0.3 is 9.69 Å². The van der Waals surface area contributed by atoms with E-state index < -0.39 is 0 Å². The predicted octanol–water partition coefficient (Wildman–Crippen LogP) is 2.07. The van der Waals surface area contributed by atoms with Gasteiger partial charge in [0.2, 0.25) is 5.91 Å². The van der Waals surface area contributed by atoms with Gasteiger partial charge >= 0.3 is 0 Å². The highest BCUT2D eigenvalue weighted by Crippen LogP contribution is 2.26. The van der Waals surface area contributed by atoms with Crippen molar-refractivity contribution in [1.29, 1.82) is 0 Å². The molecule has 1 aliphatic heterocycles. The zero-order chi connectivity index (χ0) is 14.7. The molecule has 0 N–H and O–H groups in total. The first-order valence-corrected chi connectivity index (χ1v) is 6.74. The number of benzodiazepines with no additional fused rings is 1. The first-order valence-electron chi connectivity index (χ1n) is 6.74. The standard InChI is InChI=1S/C17H14N2O2/c20-11-10-19-15-9-5-4-8-14(15)17(18-12-16(19)21)13-6-2-1-3-7-13/h1-9,11H,10,12H2. The second kappa shape index (κ2) is 5.71. The lowest BCUT2D eigenvalue weighted by Gasteiger charge is -2.20. The molecule has 0 unspecified atom stereocenters. The number of hydrogen-bond donors (Lipinski definition) is 0. The van der Waals surface area contributed by atoms with E-state index in [0.29, 0.717) is 0 Å². The van der Waals surface area contributed by atoms with Crippen LogP contribution in [0.15, 0.2) is 59.6 Å². The SMILES string of the molecule is O=CCN1C(=O)CN=C(c2ccccc2)c2ccccc21. The lowest BCUT2D eigenvalue weighted by molar-refractivity contribution is -0.118. The first-order chi connectivity index (χ1) is 10.3. The Morgan fingerprint density at radius 3 is 2.52 bits per heavy atom. The van der Waals surface area contributed by atoms with Gasteiger partial charge in [0, 0.05) is 11.1 Å². The number of benzene rings is 2. The third-order valence-corrected chi connectivity index (χ3v) is 3.43. The summed E-state index contributed by atoms with van der Waals surface area (Å²) in [5.74, 6) is -0.166. The summed E-state index contributed by atoms with van der Waals surface area (Å²) in [6, 6.07) is 17.3. The molecule has 4 heteroatoms. The van der Waals surface area contributed by atoms with E-state index in [0.717, 1.165) is 28.8 Å². The third kappa shape index (κ3) is 2.48. The van der Waals surface area contributed by atoms with E-state index in [-0.39, 0.29) is 19.0 Å². The van der Waals surface area contributed by atoms with Gasteiger partial charge in [-0.15, -0.1) is 0 Å². The van der Waals surface area contributed by atoms with Crippen molar-refractivity contribution in [2.75, 3.05) is 18.0 Å². The quantitative estimate of drug-likeness (QED) is 0.807. The van der Waals surface area contributed by atoms with Crippen molar-refractivity contribution in [2.45, 2.75) is 0 Å². The highest BCUT2D eigenvalue weighted by molar-refractivity contribution is 6.19. The van der Waals surface area contributed by atoms with Gasteiger partial charge in [0.1, 0.15) is 12.8 Å². The number of carbonyl (C=O) groups excluding carboxylic acids is 2. The third-order valence-electron chi connectivity index (χ3n) is 3.43. The maximum absolute atomic E-state index is 12.2. The summed E-state index contributed by atoms with van der Waals surface area (Å²) in [6.45, 7) is 0.0974. The van der Waals surface area contributed by atoms with Crippen molar-refractivity contribution in [3.63, 3.8) is 0 Å². The van der Waals surface area contributed by atoms with Crippen molar-refractivity contribution >= 4 is 23.6 Å². The van der Waals surface area contributed by atoms with E-state index >= 15 is 0 Å². The summed E-state index contributed by atoms with van der Waals surface area (Å²) < 4.78 is 0. The van der Waals surface area contributed by atoms with Crippen molar-refractivity contribution < 1.29 is 9.59 Å². The van der Waals surface area contributed by atoms with Crippen LogP contribution >= 0.6 is 0 Å². The number of anilines is 1. The summed E-state index contributed by atoms with van der Waals surface area (Å²) in [7, 11) is 0. The van der Waals surface area contributed by atoms with E-state index in [4.69, 9.17) is 0 Å². The van der Waals surface area contributed by atoms with Crippen molar-refractivity contribution in [2.24, 2.45) is 4.99 Å². The molecule has 0 aliphatic carbocycles. The molecule has 0 fully saturated rings. The fraction of sp³-hybridized carbons (Fsp3) is 0.118. The minimum atomic E-state index is -0.166. The van der Waals surface area contributed by atoms with E-state index in [1.807, 2.05) is 54.6 Å². The lowest BCUT2D eigenvalue weighted by Crippen LogP contribution is -2.34. The van der Waals surface area contributed by atoms with Crippen molar-refractivity contribution in [1.82, 2.24) is 0 Å². The van der Waals surface area contributed by atoms with E-state index in [1.54, 1.807) is 0 Å². The minimum Gasteiger partial charge on any atom is -0.303 e. The van der Waals surface area contributed by atoms with Gasteiger partial charge in [-0.2, -0.15) is 0 Å². The van der Waals surface area contributed by atoms with Gasteiger partial charge in [0.05, 0.1) is 17.9 Å². The Morgan fingerprint density at radius 1 is 1.05 bits per heavy atom. The van der Waals surface area contributed by atoms with E-state index in [1.165, 1.54) is 4.90 Å². The molecule has 0 bridgehead atoms. The number of nitrogens with zero attached hydrogens (tertiary/aromatic N) is 2. The number of amides is 1. The van der Waals surface area contributed by atoms with Crippen LogP contribution in [-0.2, 0) is 9.59 Å². The van der Waals surface area contributed by atoms with Gasteiger partial charge in [-0.1, -0.05) is 48.5 Å². The van der Waals surface area contributed by atoms with Gasteiger partial charge in [-0.25, -0.2) is 0 Å². The zero-order valence-corrected chi connectivity index (χ0v) is 11.4. The minimum absolute atomic E-state index is 0.0484.